The van der Waals surface area contributed by atoms with Crippen molar-refractivity contribution >= 4 is 16.6 Å². The van der Waals surface area contributed by atoms with Gasteiger partial charge in [-0.1, -0.05) is 6.92 Å². The van der Waals surface area contributed by atoms with Crippen LogP contribution in [-0.2, 0) is 6.42 Å². The van der Waals surface area contributed by atoms with Gasteiger partial charge in [-0.2, -0.15) is 0 Å². The maximum absolute atomic E-state index is 12.4. The number of pyridine rings is 1. The van der Waals surface area contributed by atoms with Gasteiger partial charge in [0, 0.05) is 40.9 Å². The Bertz CT molecular complexity index is 666. The van der Waals surface area contributed by atoms with Gasteiger partial charge in [-0.3, -0.25) is 4.79 Å². The summed E-state index contributed by atoms with van der Waals surface area (Å²) in [6, 6.07) is 6.22. The van der Waals surface area contributed by atoms with E-state index in [-0.39, 0.29) is 5.43 Å². The topological polar surface area (TPSA) is 36.1 Å². The number of benzene rings is 1. The van der Waals surface area contributed by atoms with E-state index in [1.807, 2.05) is 19.1 Å². The molecule has 2 aromatic rings. The predicted molar refractivity (Wildman–Crippen MR) is 80.1 cm³/mol. The zero-order chi connectivity index (χ0) is 13.4. The molecule has 19 heavy (non-hydrogen) atoms. The van der Waals surface area contributed by atoms with Crippen molar-refractivity contribution < 1.29 is 0 Å². The molecule has 2 heterocycles. The van der Waals surface area contributed by atoms with E-state index < -0.39 is 0 Å². The van der Waals surface area contributed by atoms with E-state index in [0.29, 0.717) is 0 Å². The minimum Gasteiger partial charge on any atom is -0.372 e. The minimum atomic E-state index is 0.173. The van der Waals surface area contributed by atoms with Gasteiger partial charge in [0.2, 0.25) is 0 Å². The van der Waals surface area contributed by atoms with E-state index in [1.54, 1.807) is 0 Å². The molecule has 3 heteroatoms. The largest absolute Gasteiger partial charge is 0.372 e. The quantitative estimate of drug-likeness (QED) is 0.896. The molecule has 0 amide bonds. The number of fused-ring (bicyclic) bond motifs is 1. The fourth-order valence-electron chi connectivity index (χ4n) is 2.95. The number of anilines is 1. The van der Waals surface area contributed by atoms with Crippen LogP contribution in [0.4, 0.5) is 5.69 Å². The first kappa shape index (κ1) is 12.3. The number of aromatic amines is 1. The number of nitrogens with one attached hydrogen (secondary N) is 1. The summed E-state index contributed by atoms with van der Waals surface area (Å²) in [6.07, 6.45) is 3.37. The van der Waals surface area contributed by atoms with E-state index in [0.717, 1.165) is 41.7 Å². The Morgan fingerprint density at radius 2 is 2.00 bits per heavy atom. The minimum absolute atomic E-state index is 0.173. The van der Waals surface area contributed by atoms with Crippen LogP contribution in [-0.4, -0.2) is 18.1 Å². The van der Waals surface area contributed by atoms with Crippen molar-refractivity contribution in [3.8, 4) is 0 Å². The summed E-state index contributed by atoms with van der Waals surface area (Å²) in [7, 11) is 0. The number of rotatable bonds is 2. The van der Waals surface area contributed by atoms with Crippen LogP contribution in [0.15, 0.2) is 23.0 Å². The predicted octanol–water partition coefficient (Wildman–Crippen LogP) is 3.00. The van der Waals surface area contributed by atoms with Crippen LogP contribution in [0.5, 0.6) is 0 Å². The summed E-state index contributed by atoms with van der Waals surface area (Å²) < 4.78 is 0. The molecule has 0 atom stereocenters. The first-order valence-corrected chi connectivity index (χ1v) is 7.11. The third-order valence-electron chi connectivity index (χ3n) is 4.15. The Labute approximate surface area is 113 Å². The van der Waals surface area contributed by atoms with Crippen molar-refractivity contribution in [3.63, 3.8) is 0 Å². The molecule has 0 unspecified atom stereocenters. The molecule has 1 saturated heterocycles. The highest BCUT2D eigenvalue weighted by molar-refractivity contribution is 5.83. The molecular weight excluding hydrogens is 236 g/mol. The maximum Gasteiger partial charge on any atom is 0.192 e. The molecule has 3 nitrogen and oxygen atoms in total. The van der Waals surface area contributed by atoms with Crippen molar-refractivity contribution in [1.29, 1.82) is 0 Å². The highest BCUT2D eigenvalue weighted by Gasteiger charge is 2.14. The molecule has 3 rings (SSSR count). The highest BCUT2D eigenvalue weighted by atomic mass is 16.1. The number of aryl methyl sites for hydroxylation is 1. The molecule has 1 aromatic heterocycles. The fraction of sp³-hybridized carbons (Fsp3) is 0.438. The van der Waals surface area contributed by atoms with Crippen LogP contribution >= 0.6 is 0 Å². The van der Waals surface area contributed by atoms with Crippen LogP contribution in [0.2, 0.25) is 0 Å². The van der Waals surface area contributed by atoms with E-state index in [2.05, 4.69) is 22.9 Å². The van der Waals surface area contributed by atoms with Gasteiger partial charge in [0.05, 0.1) is 0 Å². The Balaban J connectivity index is 2.17. The molecule has 0 saturated carbocycles. The normalized spacial score (nSPS) is 15.4. The first-order valence-electron chi connectivity index (χ1n) is 7.11. The van der Waals surface area contributed by atoms with Gasteiger partial charge in [0.1, 0.15) is 0 Å². The molecule has 1 aliphatic heterocycles. The molecular formula is C16H20N2O. The summed E-state index contributed by atoms with van der Waals surface area (Å²) in [5, 5.41) is 0.819. The van der Waals surface area contributed by atoms with Gasteiger partial charge in [0.15, 0.2) is 5.43 Å². The van der Waals surface area contributed by atoms with Crippen LogP contribution in [0.3, 0.4) is 0 Å². The third kappa shape index (κ3) is 2.03. The smallest absolute Gasteiger partial charge is 0.192 e. The molecule has 1 fully saturated rings. The molecule has 1 aromatic carbocycles. The second-order valence-corrected chi connectivity index (χ2v) is 5.34. The van der Waals surface area contributed by atoms with E-state index >= 15 is 0 Å². The molecule has 0 spiro atoms. The van der Waals surface area contributed by atoms with Gasteiger partial charge < -0.3 is 9.88 Å². The lowest BCUT2D eigenvalue weighted by Gasteiger charge is -2.18. The van der Waals surface area contributed by atoms with Crippen molar-refractivity contribution in [2.75, 3.05) is 18.0 Å². The van der Waals surface area contributed by atoms with Gasteiger partial charge in [0.25, 0.3) is 0 Å². The standard InChI is InChI=1S/C16H20N2O/c1-3-14-11(2)16(19)13-10-12(6-7-15(13)17-14)18-8-4-5-9-18/h6-7,10H,3-5,8-9H2,1-2H3,(H,17,19). The van der Waals surface area contributed by atoms with Crippen molar-refractivity contribution in [1.82, 2.24) is 4.98 Å². The van der Waals surface area contributed by atoms with Crippen LogP contribution in [0, 0.1) is 6.92 Å². The average molecular weight is 256 g/mol. The number of hydrogen-bond acceptors (Lipinski definition) is 2. The summed E-state index contributed by atoms with van der Waals surface area (Å²) in [6.45, 7) is 6.20. The first-order chi connectivity index (χ1) is 9.20. The lowest BCUT2D eigenvalue weighted by atomic mass is 10.1. The Morgan fingerprint density at radius 3 is 2.68 bits per heavy atom. The third-order valence-corrected chi connectivity index (χ3v) is 4.15. The van der Waals surface area contributed by atoms with Crippen LogP contribution < -0.4 is 10.3 Å². The Morgan fingerprint density at radius 1 is 1.26 bits per heavy atom. The zero-order valence-corrected chi connectivity index (χ0v) is 11.6. The average Bonchev–Trinajstić information content (AvgIpc) is 2.96. The number of nitrogens with zero attached hydrogens (tertiary/aromatic N) is 1. The molecule has 1 aliphatic rings. The van der Waals surface area contributed by atoms with Crippen molar-refractivity contribution in [3.05, 3.63) is 39.7 Å². The Hall–Kier alpha value is -1.77. The van der Waals surface area contributed by atoms with Gasteiger partial charge in [-0.25, -0.2) is 0 Å². The molecule has 1 N–H and O–H groups in total. The molecule has 100 valence electrons. The number of H-pyrrole nitrogens is 1. The van der Waals surface area contributed by atoms with Gasteiger partial charge in [-0.15, -0.1) is 0 Å². The second-order valence-electron chi connectivity index (χ2n) is 5.34. The maximum atomic E-state index is 12.4. The van der Waals surface area contributed by atoms with Crippen LogP contribution in [0.1, 0.15) is 31.0 Å². The lowest BCUT2D eigenvalue weighted by Crippen LogP contribution is -2.18. The molecule has 0 bridgehead atoms. The second kappa shape index (κ2) is 4.72. The van der Waals surface area contributed by atoms with Gasteiger partial charge >= 0.3 is 0 Å². The monoisotopic (exact) mass is 256 g/mol. The van der Waals surface area contributed by atoms with E-state index in [1.165, 1.54) is 18.5 Å². The highest BCUT2D eigenvalue weighted by Crippen LogP contribution is 2.23. The number of aromatic nitrogens is 1. The number of hydrogen-bond donors (Lipinski definition) is 1. The molecule has 0 radical (unpaired) electrons. The molecule has 0 aliphatic carbocycles. The Kier molecular flexibility index (Phi) is 3.05. The van der Waals surface area contributed by atoms with Gasteiger partial charge in [-0.05, 0) is 44.4 Å². The summed E-state index contributed by atoms with van der Waals surface area (Å²) in [5.41, 5.74) is 4.21. The van der Waals surface area contributed by atoms with Crippen molar-refractivity contribution in [2.45, 2.75) is 33.1 Å². The van der Waals surface area contributed by atoms with E-state index in [4.69, 9.17) is 0 Å². The van der Waals surface area contributed by atoms with Crippen LogP contribution in [0.25, 0.3) is 10.9 Å². The summed E-state index contributed by atoms with van der Waals surface area (Å²) >= 11 is 0. The fourth-order valence-corrected chi connectivity index (χ4v) is 2.95. The summed E-state index contributed by atoms with van der Waals surface area (Å²) in [5.74, 6) is 0. The summed E-state index contributed by atoms with van der Waals surface area (Å²) in [4.78, 5) is 18.2. The lowest BCUT2D eigenvalue weighted by molar-refractivity contribution is 0.949. The SMILES string of the molecule is CCc1[nH]c2ccc(N3CCCC3)cc2c(=O)c1C. The zero-order valence-electron chi connectivity index (χ0n) is 11.6. The van der Waals surface area contributed by atoms with E-state index in [9.17, 15) is 4.79 Å². The van der Waals surface area contributed by atoms with Crippen molar-refractivity contribution in [2.24, 2.45) is 0 Å².